The molecule has 0 aliphatic heterocycles. The van der Waals surface area contributed by atoms with Crippen molar-refractivity contribution in [1.82, 2.24) is 10.2 Å². The van der Waals surface area contributed by atoms with Gasteiger partial charge in [0, 0.05) is 6.26 Å². The Morgan fingerprint density at radius 2 is 1.70 bits per heavy atom. The molecule has 0 bridgehead atoms. The number of halogens is 1. The van der Waals surface area contributed by atoms with Gasteiger partial charge in [-0.2, -0.15) is 0 Å². The lowest BCUT2D eigenvalue weighted by Gasteiger charge is -2.00. The zero-order chi connectivity index (χ0) is 15.0. The zero-order valence-electron chi connectivity index (χ0n) is 10.1. The van der Waals surface area contributed by atoms with Gasteiger partial charge < -0.3 is 4.42 Å². The molecule has 1 aromatic carbocycles. The Kier molecular flexibility index (Phi) is 3.61. The summed E-state index contributed by atoms with van der Waals surface area (Å²) in [6.45, 7) is 0. The Morgan fingerprint density at radius 3 is 2.20 bits per heavy atom. The topological polar surface area (TPSA) is 107 Å². The number of benzene rings is 1. The normalized spacial score (nSPS) is 12.5. The van der Waals surface area contributed by atoms with Crippen LogP contribution in [0.2, 0.25) is 0 Å². The number of hydrogen-bond acceptors (Lipinski definition) is 7. The SMILES string of the molecule is CS(=O)(=O)c1nnc(CS(=O)(=O)c2ccc(F)cc2)o1. The first-order chi connectivity index (χ1) is 9.18. The van der Waals surface area contributed by atoms with Crippen LogP contribution in [-0.2, 0) is 25.4 Å². The predicted octanol–water partition coefficient (Wildman–Crippen LogP) is 0.586. The van der Waals surface area contributed by atoms with E-state index in [0.717, 1.165) is 30.5 Å². The predicted molar refractivity (Wildman–Crippen MR) is 64.7 cm³/mol. The number of rotatable bonds is 4. The molecule has 0 N–H and O–H groups in total. The Hall–Kier alpha value is -1.81. The van der Waals surface area contributed by atoms with Crippen LogP contribution in [-0.4, -0.2) is 33.3 Å². The van der Waals surface area contributed by atoms with E-state index in [1.54, 1.807) is 0 Å². The minimum absolute atomic E-state index is 0.127. The molecular formula is C10H9FN2O5S2. The van der Waals surface area contributed by atoms with Gasteiger partial charge in [0.05, 0.1) is 4.90 Å². The molecule has 0 aliphatic carbocycles. The standard InChI is InChI=1S/C10H9FN2O5S2/c1-19(14,15)10-13-12-9(18-10)6-20(16,17)8-4-2-7(11)3-5-8/h2-5H,6H2,1H3. The van der Waals surface area contributed by atoms with Crippen molar-refractivity contribution in [2.24, 2.45) is 0 Å². The Morgan fingerprint density at radius 1 is 1.10 bits per heavy atom. The highest BCUT2D eigenvalue weighted by Gasteiger charge is 2.22. The number of nitrogens with zero attached hydrogens (tertiary/aromatic N) is 2. The van der Waals surface area contributed by atoms with Crippen LogP contribution in [0.15, 0.2) is 38.8 Å². The van der Waals surface area contributed by atoms with Crippen LogP contribution in [0.25, 0.3) is 0 Å². The molecule has 0 fully saturated rings. The fourth-order valence-electron chi connectivity index (χ4n) is 1.33. The largest absolute Gasteiger partial charge is 0.411 e. The summed E-state index contributed by atoms with van der Waals surface area (Å²) < 4.78 is 63.7. The summed E-state index contributed by atoms with van der Waals surface area (Å²) >= 11 is 0. The molecule has 10 heteroatoms. The first-order valence-corrected chi connectivity index (χ1v) is 8.73. The molecule has 0 atom stereocenters. The van der Waals surface area contributed by atoms with Crippen molar-refractivity contribution in [3.05, 3.63) is 36.0 Å². The van der Waals surface area contributed by atoms with E-state index >= 15 is 0 Å². The number of aromatic nitrogens is 2. The molecule has 0 spiro atoms. The minimum atomic E-state index is -3.82. The van der Waals surface area contributed by atoms with Gasteiger partial charge in [-0.1, -0.05) is 5.10 Å². The number of hydrogen-bond donors (Lipinski definition) is 0. The molecule has 2 rings (SSSR count). The van der Waals surface area contributed by atoms with Crippen LogP contribution in [0.4, 0.5) is 4.39 Å². The zero-order valence-corrected chi connectivity index (χ0v) is 11.8. The van der Waals surface area contributed by atoms with Crippen LogP contribution >= 0.6 is 0 Å². The Bertz CT molecular complexity index is 825. The Balaban J connectivity index is 2.29. The third-order valence-electron chi connectivity index (χ3n) is 2.25. The van der Waals surface area contributed by atoms with Gasteiger partial charge >= 0.3 is 5.22 Å². The van der Waals surface area contributed by atoms with Gasteiger partial charge in [-0.3, -0.25) is 0 Å². The minimum Gasteiger partial charge on any atom is -0.411 e. The summed E-state index contributed by atoms with van der Waals surface area (Å²) in [7, 11) is -7.51. The van der Waals surface area contributed by atoms with Gasteiger partial charge in [-0.15, -0.1) is 5.10 Å². The van der Waals surface area contributed by atoms with E-state index in [0.29, 0.717) is 0 Å². The summed E-state index contributed by atoms with van der Waals surface area (Å²) in [5.41, 5.74) is 0. The summed E-state index contributed by atoms with van der Waals surface area (Å²) in [6, 6.07) is 4.20. The molecule has 0 saturated heterocycles. The van der Waals surface area contributed by atoms with Gasteiger partial charge in [0.1, 0.15) is 11.6 Å². The summed E-state index contributed by atoms with van der Waals surface area (Å²) in [5.74, 6) is -1.59. The van der Waals surface area contributed by atoms with Crippen molar-refractivity contribution in [1.29, 1.82) is 0 Å². The Labute approximate surface area is 114 Å². The molecule has 1 heterocycles. The van der Waals surface area contributed by atoms with E-state index in [-0.39, 0.29) is 10.8 Å². The van der Waals surface area contributed by atoms with E-state index < -0.39 is 36.5 Å². The quantitative estimate of drug-likeness (QED) is 0.758. The maximum Gasteiger partial charge on any atom is 0.335 e. The summed E-state index contributed by atoms with van der Waals surface area (Å²) in [6.07, 6.45) is 0.860. The first kappa shape index (κ1) is 14.6. The maximum absolute atomic E-state index is 12.7. The molecule has 0 amide bonds. The molecule has 2 aromatic rings. The maximum atomic E-state index is 12.7. The second-order valence-corrected chi connectivity index (χ2v) is 7.83. The third kappa shape index (κ3) is 3.20. The number of sulfone groups is 2. The van der Waals surface area contributed by atoms with Gasteiger partial charge in [0.15, 0.2) is 9.84 Å². The van der Waals surface area contributed by atoms with Gasteiger partial charge in [0.2, 0.25) is 15.7 Å². The van der Waals surface area contributed by atoms with Crippen LogP contribution in [0.1, 0.15) is 5.89 Å². The highest BCUT2D eigenvalue weighted by molar-refractivity contribution is 7.90. The van der Waals surface area contributed by atoms with Crippen LogP contribution in [0.3, 0.4) is 0 Å². The van der Waals surface area contributed by atoms with Crippen LogP contribution in [0, 0.1) is 5.82 Å². The average molecular weight is 320 g/mol. The molecule has 0 saturated carbocycles. The second-order valence-electron chi connectivity index (χ2n) is 3.95. The lowest BCUT2D eigenvalue weighted by molar-refractivity contribution is 0.406. The summed E-state index contributed by atoms with van der Waals surface area (Å²) in [5, 5.41) is 5.96. The van der Waals surface area contributed by atoms with Crippen LogP contribution in [0.5, 0.6) is 0 Å². The fraction of sp³-hybridized carbons (Fsp3) is 0.200. The van der Waals surface area contributed by atoms with Crippen molar-refractivity contribution in [2.45, 2.75) is 15.9 Å². The van der Waals surface area contributed by atoms with Crippen molar-refractivity contribution in [3.8, 4) is 0 Å². The van der Waals surface area contributed by atoms with Gasteiger partial charge in [-0.05, 0) is 24.3 Å². The molecule has 0 unspecified atom stereocenters. The van der Waals surface area contributed by atoms with Crippen molar-refractivity contribution in [2.75, 3.05) is 6.26 Å². The first-order valence-electron chi connectivity index (χ1n) is 5.19. The monoisotopic (exact) mass is 320 g/mol. The molecule has 20 heavy (non-hydrogen) atoms. The average Bonchev–Trinajstić information content (AvgIpc) is 2.77. The molecular weight excluding hydrogens is 311 g/mol. The van der Waals surface area contributed by atoms with E-state index in [9.17, 15) is 21.2 Å². The van der Waals surface area contributed by atoms with Crippen molar-refractivity contribution < 1.29 is 25.6 Å². The van der Waals surface area contributed by atoms with Crippen molar-refractivity contribution in [3.63, 3.8) is 0 Å². The lowest BCUT2D eigenvalue weighted by atomic mass is 10.4. The highest BCUT2D eigenvalue weighted by Crippen LogP contribution is 2.17. The van der Waals surface area contributed by atoms with Gasteiger partial charge in [-0.25, -0.2) is 21.2 Å². The molecule has 0 radical (unpaired) electrons. The summed E-state index contributed by atoms with van der Waals surface area (Å²) in [4.78, 5) is -0.127. The highest BCUT2D eigenvalue weighted by atomic mass is 32.2. The molecule has 108 valence electrons. The lowest BCUT2D eigenvalue weighted by Crippen LogP contribution is -2.05. The van der Waals surface area contributed by atoms with E-state index in [2.05, 4.69) is 10.2 Å². The molecule has 0 aliphatic rings. The van der Waals surface area contributed by atoms with Gasteiger partial charge in [0.25, 0.3) is 0 Å². The van der Waals surface area contributed by atoms with Crippen LogP contribution < -0.4 is 0 Å². The second kappa shape index (κ2) is 4.94. The fourth-order valence-corrected chi connectivity index (χ4v) is 2.93. The van der Waals surface area contributed by atoms with E-state index in [4.69, 9.17) is 4.42 Å². The smallest absolute Gasteiger partial charge is 0.335 e. The molecule has 7 nitrogen and oxygen atoms in total. The van der Waals surface area contributed by atoms with Crippen molar-refractivity contribution >= 4 is 19.7 Å². The van der Waals surface area contributed by atoms with E-state index in [1.165, 1.54) is 0 Å². The van der Waals surface area contributed by atoms with E-state index in [1.807, 2.05) is 0 Å². The third-order valence-corrected chi connectivity index (χ3v) is 4.67. The molecule has 1 aromatic heterocycles.